The summed E-state index contributed by atoms with van der Waals surface area (Å²) in [6.45, 7) is 13.1. The average molecular weight is 306 g/mol. The zero-order valence-electron chi connectivity index (χ0n) is 15.4. The second-order valence-corrected chi connectivity index (χ2v) is 11.0. The van der Waals surface area contributed by atoms with E-state index in [4.69, 9.17) is 4.74 Å². The van der Waals surface area contributed by atoms with E-state index in [2.05, 4.69) is 41.5 Å². The first-order valence-electron chi connectivity index (χ1n) is 9.14. The lowest BCUT2D eigenvalue weighted by Crippen LogP contribution is -2.57. The van der Waals surface area contributed by atoms with Gasteiger partial charge in [-0.3, -0.25) is 4.79 Å². The van der Waals surface area contributed by atoms with E-state index in [-0.39, 0.29) is 22.4 Å². The SMILES string of the molecule is CC(C)(C)CC(C)(C)C(=O)OC12CC3CC(CC(C)(C3)C1)C2. The Balaban J connectivity index is 1.74. The van der Waals surface area contributed by atoms with Crippen LogP contribution < -0.4 is 0 Å². The summed E-state index contributed by atoms with van der Waals surface area (Å²) in [4.78, 5) is 12.9. The molecule has 4 aliphatic rings. The van der Waals surface area contributed by atoms with E-state index in [1.165, 1.54) is 19.3 Å². The smallest absolute Gasteiger partial charge is 0.312 e. The summed E-state index contributed by atoms with van der Waals surface area (Å²) in [6.07, 6.45) is 8.30. The molecule has 126 valence electrons. The normalized spacial score (nSPS) is 40.8. The summed E-state index contributed by atoms with van der Waals surface area (Å²) < 4.78 is 6.29. The fourth-order valence-electron chi connectivity index (χ4n) is 6.48. The minimum absolute atomic E-state index is 0.0352. The molecule has 4 fully saturated rings. The average Bonchev–Trinajstić information content (AvgIpc) is 2.20. The molecule has 2 atom stereocenters. The lowest BCUT2D eigenvalue weighted by atomic mass is 9.48. The van der Waals surface area contributed by atoms with Crippen molar-refractivity contribution in [1.29, 1.82) is 0 Å². The maximum Gasteiger partial charge on any atom is 0.312 e. The van der Waals surface area contributed by atoms with Gasteiger partial charge in [0.1, 0.15) is 5.60 Å². The van der Waals surface area contributed by atoms with Crippen molar-refractivity contribution >= 4 is 5.97 Å². The molecule has 0 aromatic heterocycles. The van der Waals surface area contributed by atoms with Crippen LogP contribution >= 0.6 is 0 Å². The van der Waals surface area contributed by atoms with Crippen molar-refractivity contribution in [2.45, 2.75) is 92.1 Å². The fourth-order valence-corrected chi connectivity index (χ4v) is 6.48. The third-order valence-corrected chi connectivity index (χ3v) is 6.13. The maximum atomic E-state index is 12.9. The summed E-state index contributed by atoms with van der Waals surface area (Å²) >= 11 is 0. The van der Waals surface area contributed by atoms with Crippen LogP contribution in [0.2, 0.25) is 0 Å². The monoisotopic (exact) mass is 306 g/mol. The predicted molar refractivity (Wildman–Crippen MR) is 89.5 cm³/mol. The van der Waals surface area contributed by atoms with Crippen molar-refractivity contribution in [2.75, 3.05) is 0 Å². The Hall–Kier alpha value is -0.530. The number of carbonyl (C=O) groups is 1. The quantitative estimate of drug-likeness (QED) is 0.657. The molecule has 0 amide bonds. The Morgan fingerprint density at radius 1 is 1.05 bits per heavy atom. The largest absolute Gasteiger partial charge is 0.459 e. The zero-order valence-corrected chi connectivity index (χ0v) is 15.4. The molecule has 0 heterocycles. The molecule has 0 aromatic carbocycles. The topological polar surface area (TPSA) is 26.3 Å². The van der Waals surface area contributed by atoms with Crippen LogP contribution in [0.3, 0.4) is 0 Å². The van der Waals surface area contributed by atoms with Gasteiger partial charge >= 0.3 is 5.97 Å². The Kier molecular flexibility index (Phi) is 3.52. The molecule has 4 saturated carbocycles. The van der Waals surface area contributed by atoms with Crippen LogP contribution in [-0.4, -0.2) is 11.6 Å². The van der Waals surface area contributed by atoms with E-state index >= 15 is 0 Å². The molecule has 4 aliphatic carbocycles. The second-order valence-electron chi connectivity index (χ2n) is 11.0. The van der Waals surface area contributed by atoms with Gasteiger partial charge in [0.2, 0.25) is 0 Å². The highest BCUT2D eigenvalue weighted by Gasteiger charge is 2.58. The van der Waals surface area contributed by atoms with Gasteiger partial charge in [0, 0.05) is 0 Å². The van der Waals surface area contributed by atoms with Crippen molar-refractivity contribution in [3.8, 4) is 0 Å². The van der Waals surface area contributed by atoms with Crippen molar-refractivity contribution in [1.82, 2.24) is 0 Å². The van der Waals surface area contributed by atoms with E-state index < -0.39 is 0 Å². The van der Waals surface area contributed by atoms with Gasteiger partial charge in [0.05, 0.1) is 5.41 Å². The van der Waals surface area contributed by atoms with Gasteiger partial charge in [0.15, 0.2) is 0 Å². The summed E-state index contributed by atoms with van der Waals surface area (Å²) in [6, 6.07) is 0. The summed E-state index contributed by atoms with van der Waals surface area (Å²) in [7, 11) is 0. The number of hydrogen-bond donors (Lipinski definition) is 0. The molecular formula is C20H34O2. The van der Waals surface area contributed by atoms with Gasteiger partial charge in [-0.2, -0.15) is 0 Å². The second kappa shape index (κ2) is 4.74. The number of carbonyl (C=O) groups excluding carboxylic acids is 1. The van der Waals surface area contributed by atoms with Crippen molar-refractivity contribution in [3.63, 3.8) is 0 Å². The van der Waals surface area contributed by atoms with E-state index in [1.807, 2.05) is 0 Å². The number of hydrogen-bond acceptors (Lipinski definition) is 2. The highest BCUT2D eigenvalue weighted by molar-refractivity contribution is 5.76. The molecule has 4 bridgehead atoms. The van der Waals surface area contributed by atoms with Crippen LogP contribution in [0.15, 0.2) is 0 Å². The highest BCUT2D eigenvalue weighted by atomic mass is 16.6. The lowest BCUT2D eigenvalue weighted by Gasteiger charge is -2.60. The minimum atomic E-state index is -0.386. The molecule has 0 radical (unpaired) electrons. The van der Waals surface area contributed by atoms with Gasteiger partial charge in [0.25, 0.3) is 0 Å². The van der Waals surface area contributed by atoms with Crippen LogP contribution in [0.5, 0.6) is 0 Å². The molecule has 0 aromatic rings. The molecule has 0 N–H and O–H groups in total. The number of esters is 1. The third kappa shape index (κ3) is 3.08. The summed E-state index contributed by atoms with van der Waals surface area (Å²) in [5, 5.41) is 0. The van der Waals surface area contributed by atoms with E-state index in [9.17, 15) is 4.79 Å². The number of rotatable bonds is 3. The van der Waals surface area contributed by atoms with Gasteiger partial charge < -0.3 is 4.74 Å². The lowest BCUT2D eigenvalue weighted by molar-refractivity contribution is -0.208. The van der Waals surface area contributed by atoms with E-state index in [1.54, 1.807) is 0 Å². The fraction of sp³-hybridized carbons (Fsp3) is 0.950. The van der Waals surface area contributed by atoms with Crippen LogP contribution in [0.4, 0.5) is 0 Å². The van der Waals surface area contributed by atoms with Crippen LogP contribution in [0.25, 0.3) is 0 Å². The van der Waals surface area contributed by atoms with Gasteiger partial charge in [-0.15, -0.1) is 0 Å². The van der Waals surface area contributed by atoms with E-state index in [0.717, 1.165) is 37.5 Å². The third-order valence-electron chi connectivity index (χ3n) is 6.13. The van der Waals surface area contributed by atoms with Crippen LogP contribution in [-0.2, 0) is 9.53 Å². The Labute approximate surface area is 136 Å². The standard InChI is InChI=1S/C20H34O2/c1-17(2,3)12-18(4,5)16(21)22-20-10-14-7-15(11-20)9-19(6,8-14)13-20/h14-15H,7-13H2,1-6H3. The molecule has 0 saturated heterocycles. The van der Waals surface area contributed by atoms with Crippen molar-refractivity contribution in [2.24, 2.45) is 28.1 Å². The molecule has 0 spiro atoms. The Bertz CT molecular complexity index is 455. The van der Waals surface area contributed by atoms with Gasteiger partial charge in [-0.05, 0) is 81.5 Å². The first-order chi connectivity index (χ1) is 9.91. The van der Waals surface area contributed by atoms with Crippen LogP contribution in [0, 0.1) is 28.1 Å². The minimum Gasteiger partial charge on any atom is -0.459 e. The van der Waals surface area contributed by atoms with Gasteiger partial charge in [-0.1, -0.05) is 27.7 Å². The molecule has 2 heteroatoms. The van der Waals surface area contributed by atoms with Crippen LogP contribution in [0.1, 0.15) is 86.5 Å². The molecular weight excluding hydrogens is 272 g/mol. The van der Waals surface area contributed by atoms with Crippen molar-refractivity contribution < 1.29 is 9.53 Å². The first-order valence-corrected chi connectivity index (χ1v) is 9.14. The number of ether oxygens (including phenoxy) is 1. The Morgan fingerprint density at radius 2 is 1.59 bits per heavy atom. The molecule has 2 unspecified atom stereocenters. The van der Waals surface area contributed by atoms with E-state index in [0.29, 0.717) is 5.41 Å². The van der Waals surface area contributed by atoms with Gasteiger partial charge in [-0.25, -0.2) is 0 Å². The summed E-state index contributed by atoms with van der Waals surface area (Å²) in [5.41, 5.74) is 0.0576. The molecule has 2 nitrogen and oxygen atoms in total. The highest BCUT2D eigenvalue weighted by Crippen LogP contribution is 2.62. The van der Waals surface area contributed by atoms with Crippen molar-refractivity contribution in [3.05, 3.63) is 0 Å². The molecule has 0 aliphatic heterocycles. The molecule has 4 rings (SSSR count). The summed E-state index contributed by atoms with van der Waals surface area (Å²) in [5.74, 6) is 1.63. The predicted octanol–water partition coefficient (Wildman–Crippen LogP) is 5.35. The maximum absolute atomic E-state index is 12.9. The zero-order chi connectivity index (χ0) is 16.4. The Morgan fingerprint density at radius 3 is 2.05 bits per heavy atom. The first kappa shape index (κ1) is 16.3. The molecule has 22 heavy (non-hydrogen) atoms.